The number of hydrogen-bond donors (Lipinski definition) is 1. The second-order valence-electron chi connectivity index (χ2n) is 3.66. The Hall–Kier alpha value is -1.72. The Kier molecular flexibility index (Phi) is 4.29. The zero-order valence-electron chi connectivity index (χ0n) is 10.1. The first kappa shape index (κ1) is 13.7. The van der Waals surface area contributed by atoms with Gasteiger partial charge < -0.3 is 14.6 Å². The smallest absolute Gasteiger partial charge is 0.335 e. The van der Waals surface area contributed by atoms with Crippen molar-refractivity contribution in [1.82, 2.24) is 0 Å². The quantitative estimate of drug-likeness (QED) is 0.914. The van der Waals surface area contributed by atoms with Gasteiger partial charge in [-0.15, -0.1) is 11.3 Å². The van der Waals surface area contributed by atoms with E-state index in [9.17, 15) is 4.79 Å². The molecule has 0 unspecified atom stereocenters. The predicted octanol–water partition coefficient (Wildman–Crippen LogP) is 3.69. The molecule has 0 aliphatic carbocycles. The van der Waals surface area contributed by atoms with Crippen molar-refractivity contribution < 1.29 is 19.4 Å². The van der Waals surface area contributed by atoms with Crippen molar-refractivity contribution in [2.45, 2.75) is 6.61 Å². The number of methoxy groups -OCH3 is 1. The van der Waals surface area contributed by atoms with Gasteiger partial charge in [-0.05, 0) is 23.6 Å². The minimum atomic E-state index is -1.06. The number of benzene rings is 1. The van der Waals surface area contributed by atoms with Gasteiger partial charge in [0, 0.05) is 4.88 Å². The highest BCUT2D eigenvalue weighted by Crippen LogP contribution is 2.37. The van der Waals surface area contributed by atoms with E-state index in [-0.39, 0.29) is 10.6 Å². The van der Waals surface area contributed by atoms with Gasteiger partial charge in [-0.3, -0.25) is 0 Å². The number of carbonyl (C=O) groups is 1. The Balaban J connectivity index is 2.26. The zero-order valence-corrected chi connectivity index (χ0v) is 11.6. The summed E-state index contributed by atoms with van der Waals surface area (Å²) < 4.78 is 10.7. The van der Waals surface area contributed by atoms with E-state index in [0.717, 1.165) is 4.88 Å². The topological polar surface area (TPSA) is 55.8 Å². The first-order valence-electron chi connectivity index (χ1n) is 5.38. The molecule has 0 aliphatic rings. The third-order valence-corrected chi connectivity index (χ3v) is 3.55. The minimum absolute atomic E-state index is 0.0605. The van der Waals surface area contributed by atoms with Crippen molar-refractivity contribution in [2.24, 2.45) is 0 Å². The van der Waals surface area contributed by atoms with Gasteiger partial charge in [0.05, 0.1) is 17.7 Å². The van der Waals surface area contributed by atoms with Crippen LogP contribution in [0.2, 0.25) is 5.02 Å². The maximum atomic E-state index is 10.9. The largest absolute Gasteiger partial charge is 0.493 e. The molecule has 4 nitrogen and oxygen atoms in total. The summed E-state index contributed by atoms with van der Waals surface area (Å²) >= 11 is 7.60. The van der Waals surface area contributed by atoms with Crippen LogP contribution in [0.25, 0.3) is 0 Å². The molecule has 1 aromatic carbocycles. The van der Waals surface area contributed by atoms with E-state index in [4.69, 9.17) is 26.2 Å². The number of halogens is 1. The number of carboxylic acids is 1. The van der Waals surface area contributed by atoms with E-state index in [1.807, 2.05) is 17.5 Å². The molecule has 19 heavy (non-hydrogen) atoms. The fourth-order valence-electron chi connectivity index (χ4n) is 1.52. The number of ether oxygens (including phenoxy) is 2. The van der Waals surface area contributed by atoms with E-state index in [0.29, 0.717) is 18.1 Å². The van der Waals surface area contributed by atoms with Crippen molar-refractivity contribution in [3.63, 3.8) is 0 Å². The normalized spacial score (nSPS) is 10.2. The summed E-state index contributed by atoms with van der Waals surface area (Å²) in [5.41, 5.74) is 0.0605. The Morgan fingerprint density at radius 2 is 2.26 bits per heavy atom. The number of thiophene rings is 1. The molecule has 100 valence electrons. The van der Waals surface area contributed by atoms with Gasteiger partial charge in [0.15, 0.2) is 11.5 Å². The molecule has 0 aliphatic heterocycles. The molecule has 1 heterocycles. The molecule has 1 aromatic heterocycles. The van der Waals surface area contributed by atoms with Crippen molar-refractivity contribution in [3.8, 4) is 11.5 Å². The van der Waals surface area contributed by atoms with Crippen LogP contribution >= 0.6 is 22.9 Å². The summed E-state index contributed by atoms with van der Waals surface area (Å²) in [5, 5.41) is 11.1. The second kappa shape index (κ2) is 5.95. The summed E-state index contributed by atoms with van der Waals surface area (Å²) in [4.78, 5) is 12.0. The van der Waals surface area contributed by atoms with Gasteiger partial charge in [-0.2, -0.15) is 0 Å². The van der Waals surface area contributed by atoms with Gasteiger partial charge >= 0.3 is 5.97 Å². The van der Waals surface area contributed by atoms with E-state index in [1.54, 1.807) is 11.3 Å². The van der Waals surface area contributed by atoms with Gasteiger partial charge in [-0.25, -0.2) is 4.79 Å². The summed E-state index contributed by atoms with van der Waals surface area (Å²) in [7, 11) is 1.44. The number of hydrogen-bond acceptors (Lipinski definition) is 4. The molecule has 2 aromatic rings. The highest BCUT2D eigenvalue weighted by molar-refractivity contribution is 7.09. The second-order valence-corrected chi connectivity index (χ2v) is 5.10. The van der Waals surface area contributed by atoms with Gasteiger partial charge in [0.2, 0.25) is 0 Å². The molecular formula is C13H11ClO4S. The van der Waals surface area contributed by atoms with Gasteiger partial charge in [0.1, 0.15) is 6.61 Å². The molecule has 2 rings (SSSR count). The van der Waals surface area contributed by atoms with Gasteiger partial charge in [-0.1, -0.05) is 17.7 Å². The predicted molar refractivity (Wildman–Crippen MR) is 73.6 cm³/mol. The van der Waals surface area contributed by atoms with Crippen LogP contribution in [-0.4, -0.2) is 18.2 Å². The van der Waals surface area contributed by atoms with Crippen LogP contribution in [0.4, 0.5) is 0 Å². The number of aromatic carboxylic acids is 1. The van der Waals surface area contributed by atoms with Crippen LogP contribution in [0, 0.1) is 0 Å². The first-order valence-corrected chi connectivity index (χ1v) is 6.63. The van der Waals surface area contributed by atoms with E-state index < -0.39 is 5.97 Å². The Morgan fingerprint density at radius 1 is 1.47 bits per heavy atom. The molecule has 0 saturated carbocycles. The van der Waals surface area contributed by atoms with E-state index >= 15 is 0 Å². The summed E-state index contributed by atoms with van der Waals surface area (Å²) in [6.07, 6.45) is 0. The lowest BCUT2D eigenvalue weighted by molar-refractivity contribution is 0.0696. The number of carboxylic acid groups (broad SMARTS) is 1. The maximum absolute atomic E-state index is 10.9. The number of rotatable bonds is 5. The van der Waals surface area contributed by atoms with Crippen LogP contribution in [0.1, 0.15) is 15.2 Å². The molecule has 6 heteroatoms. The van der Waals surface area contributed by atoms with Gasteiger partial charge in [0.25, 0.3) is 0 Å². The molecule has 0 spiro atoms. The molecule has 0 radical (unpaired) electrons. The lowest BCUT2D eigenvalue weighted by Crippen LogP contribution is -2.01. The fraction of sp³-hybridized carbons (Fsp3) is 0.154. The standard InChI is InChI=1S/C13H11ClO4S/c1-17-11-6-8(13(15)16)5-10(14)12(11)18-7-9-3-2-4-19-9/h2-6H,7H2,1H3,(H,15,16). The fourth-order valence-corrected chi connectivity index (χ4v) is 2.40. The van der Waals surface area contributed by atoms with Crippen LogP contribution in [0.3, 0.4) is 0 Å². The van der Waals surface area contributed by atoms with Crippen molar-refractivity contribution in [2.75, 3.05) is 7.11 Å². The van der Waals surface area contributed by atoms with Crippen LogP contribution in [0.15, 0.2) is 29.6 Å². The average Bonchev–Trinajstić information content (AvgIpc) is 2.89. The van der Waals surface area contributed by atoms with Crippen molar-refractivity contribution >= 4 is 28.9 Å². The highest BCUT2D eigenvalue weighted by atomic mass is 35.5. The van der Waals surface area contributed by atoms with Crippen LogP contribution in [-0.2, 0) is 6.61 Å². The minimum Gasteiger partial charge on any atom is -0.493 e. The maximum Gasteiger partial charge on any atom is 0.335 e. The monoisotopic (exact) mass is 298 g/mol. The summed E-state index contributed by atoms with van der Waals surface area (Å²) in [5.74, 6) is -0.408. The Labute approximate surface area is 119 Å². The zero-order chi connectivity index (χ0) is 13.8. The molecule has 1 N–H and O–H groups in total. The highest BCUT2D eigenvalue weighted by Gasteiger charge is 2.15. The van der Waals surface area contributed by atoms with Crippen molar-refractivity contribution in [3.05, 3.63) is 45.1 Å². The first-order chi connectivity index (χ1) is 9.11. The third-order valence-electron chi connectivity index (χ3n) is 2.42. The lowest BCUT2D eigenvalue weighted by atomic mass is 10.2. The molecular weight excluding hydrogens is 288 g/mol. The average molecular weight is 299 g/mol. The molecule has 0 fully saturated rings. The lowest BCUT2D eigenvalue weighted by Gasteiger charge is -2.12. The van der Waals surface area contributed by atoms with Crippen LogP contribution < -0.4 is 9.47 Å². The molecule has 0 atom stereocenters. The van der Waals surface area contributed by atoms with Crippen LogP contribution in [0.5, 0.6) is 11.5 Å². The van der Waals surface area contributed by atoms with E-state index in [1.165, 1.54) is 19.2 Å². The summed E-state index contributed by atoms with van der Waals surface area (Å²) in [6.45, 7) is 0.361. The molecule has 0 bridgehead atoms. The Morgan fingerprint density at radius 3 is 2.84 bits per heavy atom. The SMILES string of the molecule is COc1cc(C(=O)O)cc(Cl)c1OCc1cccs1. The molecule has 0 amide bonds. The summed E-state index contributed by atoms with van der Waals surface area (Å²) in [6, 6.07) is 6.60. The third kappa shape index (κ3) is 3.19. The Bertz CT molecular complexity index is 581. The molecule has 0 saturated heterocycles. The van der Waals surface area contributed by atoms with E-state index in [2.05, 4.69) is 0 Å². The van der Waals surface area contributed by atoms with Crippen molar-refractivity contribution in [1.29, 1.82) is 0 Å².